The molecule has 0 aliphatic rings. The van der Waals surface area contributed by atoms with Gasteiger partial charge < -0.3 is 15.1 Å². The summed E-state index contributed by atoms with van der Waals surface area (Å²) in [7, 11) is 5.13. The van der Waals surface area contributed by atoms with Crippen molar-refractivity contribution >= 4 is 11.6 Å². The van der Waals surface area contributed by atoms with E-state index in [0.717, 1.165) is 18.5 Å². The lowest BCUT2D eigenvalue weighted by Crippen LogP contribution is -2.35. The maximum Gasteiger partial charge on any atom is 0.241 e. The fraction of sp³-hybridized carbons (Fsp3) is 0.533. The largest absolute Gasteiger partial charge is 0.363 e. The maximum atomic E-state index is 14.1. The minimum absolute atomic E-state index is 0.0526. The molecule has 1 amide bonds. The smallest absolute Gasteiger partial charge is 0.241 e. The van der Waals surface area contributed by atoms with Crippen LogP contribution in [0.4, 0.5) is 10.1 Å². The molecule has 0 aliphatic heterocycles. The van der Waals surface area contributed by atoms with E-state index < -0.39 is 0 Å². The lowest BCUT2D eigenvalue weighted by Gasteiger charge is -2.24. The Hall–Kier alpha value is -1.62. The predicted molar refractivity (Wildman–Crippen MR) is 80.4 cm³/mol. The summed E-state index contributed by atoms with van der Waals surface area (Å²) in [6.07, 6.45) is 1.03. The highest BCUT2D eigenvalue weighted by Crippen LogP contribution is 2.23. The molecule has 4 nitrogen and oxygen atoms in total. The van der Waals surface area contributed by atoms with Gasteiger partial charge in [0.25, 0.3) is 0 Å². The molecule has 0 saturated carbocycles. The Morgan fingerprint density at radius 3 is 2.60 bits per heavy atom. The molecule has 1 N–H and O–H groups in total. The molecule has 0 aromatic heterocycles. The normalized spacial score (nSPS) is 10.4. The van der Waals surface area contributed by atoms with Crippen molar-refractivity contribution in [1.29, 1.82) is 0 Å². The van der Waals surface area contributed by atoms with Gasteiger partial charge in [0.15, 0.2) is 0 Å². The molecule has 0 aliphatic carbocycles. The van der Waals surface area contributed by atoms with Gasteiger partial charge >= 0.3 is 0 Å². The van der Waals surface area contributed by atoms with Crippen LogP contribution in [0.25, 0.3) is 0 Å². The molecule has 1 aromatic carbocycles. The summed E-state index contributed by atoms with van der Waals surface area (Å²) in [6, 6.07) is 5.01. The zero-order valence-corrected chi connectivity index (χ0v) is 12.7. The third-order valence-corrected chi connectivity index (χ3v) is 3.07. The summed E-state index contributed by atoms with van der Waals surface area (Å²) in [6.45, 7) is 3.73. The topological polar surface area (TPSA) is 35.6 Å². The summed E-state index contributed by atoms with van der Waals surface area (Å²) in [5.41, 5.74) is 1.36. The molecule has 1 rings (SSSR count). The Balaban J connectivity index is 2.88. The Morgan fingerprint density at radius 1 is 1.30 bits per heavy atom. The third-order valence-electron chi connectivity index (χ3n) is 3.07. The molecule has 112 valence electrons. The molecular weight excluding hydrogens is 257 g/mol. The van der Waals surface area contributed by atoms with Crippen molar-refractivity contribution < 1.29 is 9.18 Å². The number of carbonyl (C=O) groups is 1. The molecule has 0 fully saturated rings. The standard InChI is InChI=1S/C15H24FN3O/c1-5-9-17-10-12-7-6-8-13(16)15(12)19(4)11-14(20)18(2)3/h6-8,17H,5,9-11H2,1-4H3. The van der Waals surface area contributed by atoms with E-state index in [1.165, 1.54) is 11.0 Å². The van der Waals surface area contributed by atoms with Crippen molar-refractivity contribution in [3.05, 3.63) is 29.6 Å². The fourth-order valence-corrected chi connectivity index (χ4v) is 1.95. The average Bonchev–Trinajstić information content (AvgIpc) is 2.38. The van der Waals surface area contributed by atoms with Crippen LogP contribution in [0.5, 0.6) is 0 Å². The van der Waals surface area contributed by atoms with Gasteiger partial charge in [0.1, 0.15) is 5.82 Å². The van der Waals surface area contributed by atoms with Gasteiger partial charge in [-0.1, -0.05) is 19.1 Å². The molecule has 0 radical (unpaired) electrons. The summed E-state index contributed by atoms with van der Waals surface area (Å²) in [5.74, 6) is -0.349. The molecule has 0 saturated heterocycles. The van der Waals surface area contributed by atoms with E-state index >= 15 is 0 Å². The van der Waals surface area contributed by atoms with E-state index in [1.54, 1.807) is 32.1 Å². The van der Waals surface area contributed by atoms with Crippen LogP contribution in [0.1, 0.15) is 18.9 Å². The van der Waals surface area contributed by atoms with Crippen LogP contribution in [-0.4, -0.2) is 45.0 Å². The summed E-state index contributed by atoms with van der Waals surface area (Å²) in [5, 5.41) is 3.26. The quantitative estimate of drug-likeness (QED) is 0.775. The van der Waals surface area contributed by atoms with Gasteiger partial charge in [-0.05, 0) is 24.6 Å². The van der Waals surface area contributed by atoms with Crippen molar-refractivity contribution in [3.63, 3.8) is 0 Å². The molecule has 5 heteroatoms. The zero-order chi connectivity index (χ0) is 15.1. The van der Waals surface area contributed by atoms with Crippen LogP contribution in [0, 0.1) is 5.82 Å². The molecule has 1 aromatic rings. The number of nitrogens with one attached hydrogen (secondary N) is 1. The number of rotatable bonds is 7. The highest BCUT2D eigenvalue weighted by molar-refractivity contribution is 5.81. The minimum Gasteiger partial charge on any atom is -0.363 e. The first-order chi connectivity index (χ1) is 9.47. The summed E-state index contributed by atoms with van der Waals surface area (Å²) < 4.78 is 14.1. The number of para-hydroxylation sites is 1. The number of anilines is 1. The molecule has 0 unspecified atom stereocenters. The SMILES string of the molecule is CCCNCc1cccc(F)c1N(C)CC(=O)N(C)C. The van der Waals surface area contributed by atoms with Gasteiger partial charge in [-0.3, -0.25) is 4.79 Å². The van der Waals surface area contributed by atoms with Crippen molar-refractivity contribution in [2.45, 2.75) is 19.9 Å². The van der Waals surface area contributed by atoms with Crippen molar-refractivity contribution in [2.75, 3.05) is 39.1 Å². The first-order valence-electron chi connectivity index (χ1n) is 6.86. The monoisotopic (exact) mass is 281 g/mol. The highest BCUT2D eigenvalue weighted by Gasteiger charge is 2.16. The number of likely N-dealkylation sites (N-methyl/N-ethyl adjacent to an activating group) is 2. The van der Waals surface area contributed by atoms with Gasteiger partial charge in [-0.25, -0.2) is 4.39 Å². The maximum absolute atomic E-state index is 14.1. The molecular formula is C15H24FN3O. The number of hydrogen-bond acceptors (Lipinski definition) is 3. The second kappa shape index (κ2) is 7.85. The Bertz CT molecular complexity index is 449. The molecule has 0 spiro atoms. The second-order valence-electron chi connectivity index (χ2n) is 5.07. The van der Waals surface area contributed by atoms with E-state index in [1.807, 2.05) is 6.07 Å². The van der Waals surface area contributed by atoms with Crippen LogP contribution in [-0.2, 0) is 11.3 Å². The number of halogens is 1. The Morgan fingerprint density at radius 2 is 2.00 bits per heavy atom. The lowest BCUT2D eigenvalue weighted by molar-refractivity contribution is -0.127. The minimum atomic E-state index is -0.296. The summed E-state index contributed by atoms with van der Waals surface area (Å²) in [4.78, 5) is 14.9. The van der Waals surface area contributed by atoms with E-state index in [2.05, 4.69) is 12.2 Å². The van der Waals surface area contributed by atoms with Crippen LogP contribution in [0.3, 0.4) is 0 Å². The van der Waals surface area contributed by atoms with Gasteiger partial charge in [0.05, 0.1) is 12.2 Å². The van der Waals surface area contributed by atoms with Gasteiger partial charge in [-0.15, -0.1) is 0 Å². The molecule has 20 heavy (non-hydrogen) atoms. The van der Waals surface area contributed by atoms with Gasteiger partial charge in [0.2, 0.25) is 5.91 Å². The zero-order valence-electron chi connectivity index (χ0n) is 12.7. The van der Waals surface area contributed by atoms with Gasteiger partial charge in [0, 0.05) is 27.7 Å². The van der Waals surface area contributed by atoms with E-state index in [0.29, 0.717) is 12.2 Å². The van der Waals surface area contributed by atoms with E-state index in [-0.39, 0.29) is 18.3 Å². The fourth-order valence-electron chi connectivity index (χ4n) is 1.95. The first kappa shape index (κ1) is 16.4. The number of amides is 1. The van der Waals surface area contributed by atoms with Crippen molar-refractivity contribution in [1.82, 2.24) is 10.2 Å². The lowest BCUT2D eigenvalue weighted by atomic mass is 10.1. The number of nitrogens with zero attached hydrogens (tertiary/aromatic N) is 2. The average molecular weight is 281 g/mol. The molecule has 0 atom stereocenters. The van der Waals surface area contributed by atoms with Crippen molar-refractivity contribution in [3.8, 4) is 0 Å². The molecule has 0 bridgehead atoms. The number of carbonyl (C=O) groups excluding carboxylic acids is 1. The van der Waals surface area contributed by atoms with Crippen LogP contribution < -0.4 is 10.2 Å². The third kappa shape index (κ3) is 4.49. The first-order valence-corrected chi connectivity index (χ1v) is 6.86. The number of benzene rings is 1. The van der Waals surface area contributed by atoms with Crippen LogP contribution >= 0.6 is 0 Å². The van der Waals surface area contributed by atoms with Crippen LogP contribution in [0.15, 0.2) is 18.2 Å². The molecule has 0 heterocycles. The van der Waals surface area contributed by atoms with E-state index in [4.69, 9.17) is 0 Å². The van der Waals surface area contributed by atoms with Gasteiger partial charge in [-0.2, -0.15) is 0 Å². The number of hydrogen-bond donors (Lipinski definition) is 1. The second-order valence-corrected chi connectivity index (χ2v) is 5.07. The highest BCUT2D eigenvalue weighted by atomic mass is 19.1. The predicted octanol–water partition coefficient (Wildman–Crippen LogP) is 1.85. The Labute approximate surface area is 120 Å². The van der Waals surface area contributed by atoms with Crippen molar-refractivity contribution in [2.24, 2.45) is 0 Å². The Kier molecular flexibility index (Phi) is 6.45. The van der Waals surface area contributed by atoms with Crippen LogP contribution in [0.2, 0.25) is 0 Å². The van der Waals surface area contributed by atoms with E-state index in [9.17, 15) is 9.18 Å². The summed E-state index contributed by atoms with van der Waals surface area (Å²) >= 11 is 0.